The van der Waals surface area contributed by atoms with Gasteiger partial charge < -0.3 is 29.6 Å². The maximum Gasteiger partial charge on any atom is 0.336 e. The first kappa shape index (κ1) is 28.8. The van der Waals surface area contributed by atoms with E-state index in [0.717, 1.165) is 49.7 Å². The van der Waals surface area contributed by atoms with Gasteiger partial charge >= 0.3 is 17.9 Å². The molecule has 0 aliphatic carbocycles. The number of carboxylic acid groups (broad SMARTS) is 3. The minimum absolute atomic E-state index is 0.332. The number of rotatable bonds is 11. The summed E-state index contributed by atoms with van der Waals surface area (Å²) in [5, 5.41) is 35.0. The number of aliphatic carboxylic acids is 3. The van der Waals surface area contributed by atoms with Gasteiger partial charge in [-0.2, -0.15) is 0 Å². The maximum atomic E-state index is 10.3. The molecule has 0 amide bonds. The van der Waals surface area contributed by atoms with Crippen LogP contribution in [0.1, 0.15) is 42.8 Å². The van der Waals surface area contributed by atoms with Crippen molar-refractivity contribution in [2.75, 3.05) is 13.2 Å². The summed E-state index contributed by atoms with van der Waals surface area (Å²) in [6.45, 7) is 5.50. The van der Waals surface area contributed by atoms with E-state index in [1.54, 1.807) is 0 Å². The van der Waals surface area contributed by atoms with Crippen LogP contribution >= 0.6 is 0 Å². The van der Waals surface area contributed by atoms with Crippen LogP contribution < -0.4 is 0 Å². The third-order valence-electron chi connectivity index (χ3n) is 6.02. The van der Waals surface area contributed by atoms with Crippen molar-refractivity contribution in [2.24, 2.45) is 0 Å². The Bertz CT molecular complexity index is 1230. The van der Waals surface area contributed by atoms with Crippen LogP contribution in [-0.4, -0.2) is 73.1 Å². The highest BCUT2D eigenvalue weighted by molar-refractivity contribution is 5.88. The van der Waals surface area contributed by atoms with Gasteiger partial charge in [0.25, 0.3) is 0 Å². The van der Waals surface area contributed by atoms with Crippen LogP contribution in [0, 0.1) is 6.92 Å². The van der Waals surface area contributed by atoms with Crippen LogP contribution in [-0.2, 0) is 32.2 Å². The van der Waals surface area contributed by atoms with E-state index in [4.69, 9.17) is 29.6 Å². The second kappa shape index (κ2) is 13.1. The van der Waals surface area contributed by atoms with Gasteiger partial charge in [0.2, 0.25) is 0 Å². The number of fused-ring (bicyclic) bond motifs is 1. The highest BCUT2D eigenvalue weighted by Crippen LogP contribution is 2.20. The van der Waals surface area contributed by atoms with E-state index in [1.165, 1.54) is 17.4 Å². The van der Waals surface area contributed by atoms with Crippen molar-refractivity contribution < 1.29 is 44.0 Å². The largest absolute Gasteiger partial charge is 0.481 e. The summed E-state index contributed by atoms with van der Waals surface area (Å²) in [6.07, 6.45) is 2.20. The van der Waals surface area contributed by atoms with Crippen LogP contribution in [0.25, 0.3) is 10.9 Å². The molecule has 38 heavy (non-hydrogen) atoms. The Balaban J connectivity index is 0.000000263. The number of hydrogen-bond donors (Lipinski definition) is 4. The zero-order valence-electron chi connectivity index (χ0n) is 21.1. The van der Waals surface area contributed by atoms with Crippen molar-refractivity contribution in [1.82, 2.24) is 9.88 Å². The van der Waals surface area contributed by atoms with Gasteiger partial charge in [-0.25, -0.2) is 4.79 Å². The van der Waals surface area contributed by atoms with Gasteiger partial charge in [-0.15, -0.1) is 0 Å². The molecule has 0 spiro atoms. The summed E-state index contributed by atoms with van der Waals surface area (Å²) in [7, 11) is 0. The number of carboxylic acids is 3. The Labute approximate surface area is 219 Å². The molecule has 0 bridgehead atoms. The number of furan rings is 1. The number of carbonyl (C=O) groups is 3. The molecule has 1 saturated heterocycles. The summed E-state index contributed by atoms with van der Waals surface area (Å²) >= 11 is 0. The molecule has 4 N–H and O–H groups in total. The molecule has 1 aromatic carbocycles. The van der Waals surface area contributed by atoms with E-state index < -0.39 is 36.4 Å². The van der Waals surface area contributed by atoms with Crippen molar-refractivity contribution in [3.8, 4) is 0 Å². The maximum absolute atomic E-state index is 10.3. The van der Waals surface area contributed by atoms with Gasteiger partial charge in [0.1, 0.15) is 11.5 Å². The normalized spacial score (nSPS) is 15.3. The number of benzene rings is 1. The monoisotopic (exact) mass is 528 g/mol. The van der Waals surface area contributed by atoms with Crippen LogP contribution in [0.4, 0.5) is 0 Å². The second-order valence-corrected chi connectivity index (χ2v) is 9.33. The first-order chi connectivity index (χ1) is 18.0. The van der Waals surface area contributed by atoms with Crippen LogP contribution in [0.3, 0.4) is 0 Å². The van der Waals surface area contributed by atoms with Gasteiger partial charge in [-0.1, -0.05) is 12.1 Å². The van der Waals surface area contributed by atoms with E-state index in [1.807, 2.05) is 25.3 Å². The zero-order valence-corrected chi connectivity index (χ0v) is 21.1. The van der Waals surface area contributed by atoms with Gasteiger partial charge in [0.05, 0.1) is 31.0 Å². The molecule has 4 rings (SSSR count). The molecule has 11 nitrogen and oxygen atoms in total. The summed E-state index contributed by atoms with van der Waals surface area (Å²) in [4.78, 5) is 37.3. The number of aromatic nitrogens is 1. The molecule has 204 valence electrons. The Hall–Kier alpha value is -3.80. The van der Waals surface area contributed by atoms with Crippen molar-refractivity contribution in [3.63, 3.8) is 0 Å². The number of pyridine rings is 1. The Kier molecular flexibility index (Phi) is 9.94. The highest BCUT2D eigenvalue weighted by Gasteiger charge is 2.40. The minimum atomic E-state index is -2.74. The molecule has 1 atom stereocenters. The van der Waals surface area contributed by atoms with E-state index in [0.29, 0.717) is 6.10 Å². The fourth-order valence-corrected chi connectivity index (χ4v) is 4.25. The average molecular weight is 529 g/mol. The SMILES string of the molecule is Cc1ccc(CN(Cc2ccc3ncccc3c2)CC2CCCO2)o1.O=C(O)CC(O)(CC(=O)O)C(=O)O. The van der Waals surface area contributed by atoms with E-state index in [9.17, 15) is 14.4 Å². The number of aliphatic hydroxyl groups is 1. The lowest BCUT2D eigenvalue weighted by molar-refractivity contribution is -0.170. The highest BCUT2D eigenvalue weighted by atomic mass is 16.5. The third-order valence-corrected chi connectivity index (χ3v) is 6.02. The van der Waals surface area contributed by atoms with Gasteiger partial charge in [-0.05, 0) is 55.7 Å². The van der Waals surface area contributed by atoms with Crippen molar-refractivity contribution in [2.45, 2.75) is 57.4 Å². The number of nitrogens with zero attached hydrogens (tertiary/aromatic N) is 2. The average Bonchev–Trinajstić information content (AvgIpc) is 3.50. The summed E-state index contributed by atoms with van der Waals surface area (Å²) in [6, 6.07) is 14.7. The number of ether oxygens (including phenoxy) is 1. The Morgan fingerprint density at radius 1 is 1.05 bits per heavy atom. The molecule has 3 aromatic rings. The Morgan fingerprint density at radius 2 is 1.79 bits per heavy atom. The first-order valence-electron chi connectivity index (χ1n) is 12.2. The minimum Gasteiger partial charge on any atom is -0.481 e. The molecule has 0 radical (unpaired) electrons. The van der Waals surface area contributed by atoms with Gasteiger partial charge in [0.15, 0.2) is 5.60 Å². The molecule has 1 fully saturated rings. The van der Waals surface area contributed by atoms with Crippen molar-refractivity contribution in [1.29, 1.82) is 0 Å². The van der Waals surface area contributed by atoms with Gasteiger partial charge in [-0.3, -0.25) is 19.5 Å². The predicted octanol–water partition coefficient (Wildman–Crippen LogP) is 3.07. The topological polar surface area (TPSA) is 171 Å². The lowest BCUT2D eigenvalue weighted by Gasteiger charge is -2.24. The molecule has 11 heteroatoms. The number of aryl methyl sites for hydroxylation is 1. The quantitative estimate of drug-likeness (QED) is 0.288. The van der Waals surface area contributed by atoms with Crippen LogP contribution in [0.5, 0.6) is 0 Å². The Morgan fingerprint density at radius 3 is 2.37 bits per heavy atom. The fraction of sp³-hybridized carbons (Fsp3) is 0.407. The molecule has 2 aromatic heterocycles. The summed E-state index contributed by atoms with van der Waals surface area (Å²) in [5.41, 5.74) is -0.405. The first-order valence-corrected chi connectivity index (χ1v) is 12.2. The second-order valence-electron chi connectivity index (χ2n) is 9.33. The molecular formula is C27H32N2O9. The lowest BCUT2D eigenvalue weighted by Crippen LogP contribution is -2.42. The molecular weight excluding hydrogens is 496 g/mol. The predicted molar refractivity (Wildman–Crippen MR) is 135 cm³/mol. The molecule has 0 saturated carbocycles. The summed E-state index contributed by atoms with van der Waals surface area (Å²) in [5.74, 6) is -3.05. The van der Waals surface area contributed by atoms with Crippen molar-refractivity contribution in [3.05, 3.63) is 65.7 Å². The third kappa shape index (κ3) is 8.65. The van der Waals surface area contributed by atoms with E-state index >= 15 is 0 Å². The molecule has 1 aliphatic rings. The standard InChI is InChI=1S/C21H24N2O2.C6H8O7/c1-16-6-8-20(25-16)15-23(14-19-5-3-11-24-19)13-17-7-9-21-18(12-17)4-2-10-22-21;7-3(8)1-6(13,5(11)12)2-4(9)10/h2,4,6-10,12,19H,3,5,11,13-15H2,1H3;13H,1-2H2,(H,7,8)(H,9,10)(H,11,12). The van der Waals surface area contributed by atoms with Gasteiger partial charge in [0, 0.05) is 31.3 Å². The number of hydrogen-bond acceptors (Lipinski definition) is 8. The lowest BCUT2D eigenvalue weighted by atomic mass is 9.96. The molecule has 3 heterocycles. The summed E-state index contributed by atoms with van der Waals surface area (Å²) < 4.78 is 11.6. The zero-order chi connectivity index (χ0) is 27.7. The fourth-order valence-electron chi connectivity index (χ4n) is 4.25. The van der Waals surface area contributed by atoms with Crippen LogP contribution in [0.15, 0.2) is 53.1 Å². The molecule has 1 unspecified atom stereocenters. The van der Waals surface area contributed by atoms with Crippen molar-refractivity contribution >= 4 is 28.8 Å². The van der Waals surface area contributed by atoms with Crippen LogP contribution in [0.2, 0.25) is 0 Å². The smallest absolute Gasteiger partial charge is 0.336 e. The van der Waals surface area contributed by atoms with E-state index in [2.05, 4.69) is 40.2 Å². The molecule has 1 aliphatic heterocycles. The van der Waals surface area contributed by atoms with E-state index in [-0.39, 0.29) is 0 Å².